The number of benzene rings is 1. The molecule has 1 aromatic carbocycles. The van der Waals surface area contributed by atoms with Gasteiger partial charge in [-0.2, -0.15) is 0 Å². The molecule has 24 heavy (non-hydrogen) atoms. The summed E-state index contributed by atoms with van der Waals surface area (Å²) in [5.41, 5.74) is 3.00. The van der Waals surface area contributed by atoms with Crippen LogP contribution in [-0.2, 0) is 11.3 Å². The fourth-order valence-corrected chi connectivity index (χ4v) is 2.88. The average molecular weight is 333 g/mol. The number of carbonyl (C=O) groups excluding carboxylic acids is 1. The van der Waals surface area contributed by atoms with Crippen LogP contribution in [-0.4, -0.2) is 69.2 Å². The summed E-state index contributed by atoms with van der Waals surface area (Å²) in [6.07, 6.45) is 1.80. The lowest BCUT2D eigenvalue weighted by molar-refractivity contribution is 0.0696. The fraction of sp³-hybridized carbons (Fsp3) is 0.632. The molecule has 0 aliphatic carbocycles. The van der Waals surface area contributed by atoms with Gasteiger partial charge >= 0.3 is 0 Å². The first-order chi connectivity index (χ1) is 11.5. The third kappa shape index (κ3) is 5.89. The summed E-state index contributed by atoms with van der Waals surface area (Å²) in [4.78, 5) is 17.1. The van der Waals surface area contributed by atoms with Crippen LogP contribution in [0.15, 0.2) is 18.2 Å². The Morgan fingerprint density at radius 3 is 2.58 bits per heavy atom. The van der Waals surface area contributed by atoms with Gasteiger partial charge in [-0.25, -0.2) is 0 Å². The highest BCUT2D eigenvalue weighted by Gasteiger charge is 2.18. The fourth-order valence-electron chi connectivity index (χ4n) is 2.88. The predicted molar refractivity (Wildman–Crippen MR) is 97.4 cm³/mol. The van der Waals surface area contributed by atoms with E-state index in [1.54, 1.807) is 0 Å². The lowest BCUT2D eigenvalue weighted by Crippen LogP contribution is -2.39. The Balaban J connectivity index is 1.97. The third-order valence-corrected chi connectivity index (χ3v) is 4.48. The number of rotatable bonds is 7. The molecule has 5 nitrogen and oxygen atoms in total. The molecule has 1 aliphatic rings. The zero-order valence-corrected chi connectivity index (χ0v) is 15.5. The largest absolute Gasteiger partial charge is 0.381 e. The topological polar surface area (TPSA) is 44.8 Å². The van der Waals surface area contributed by atoms with Gasteiger partial charge in [0.2, 0.25) is 0 Å². The number of carbonyl (C=O) groups is 1. The Bertz CT molecular complexity index is 539. The second-order valence-electron chi connectivity index (χ2n) is 7.05. The van der Waals surface area contributed by atoms with E-state index in [1.165, 1.54) is 5.56 Å². The van der Waals surface area contributed by atoms with Crippen LogP contribution in [0.4, 0.5) is 0 Å². The molecule has 5 heteroatoms. The van der Waals surface area contributed by atoms with Crippen LogP contribution in [0, 0.1) is 6.92 Å². The number of nitrogens with one attached hydrogen (secondary N) is 1. The van der Waals surface area contributed by atoms with Gasteiger partial charge in [-0.05, 0) is 58.1 Å². The molecule has 0 radical (unpaired) electrons. The van der Waals surface area contributed by atoms with Crippen LogP contribution in [0.2, 0.25) is 0 Å². The minimum Gasteiger partial charge on any atom is -0.381 e. The van der Waals surface area contributed by atoms with E-state index in [-0.39, 0.29) is 11.9 Å². The molecule has 0 saturated carbocycles. The van der Waals surface area contributed by atoms with Gasteiger partial charge in [-0.3, -0.25) is 4.79 Å². The van der Waals surface area contributed by atoms with Gasteiger partial charge in [0.05, 0.1) is 0 Å². The maximum atomic E-state index is 12.6. The maximum absolute atomic E-state index is 12.6. The van der Waals surface area contributed by atoms with Gasteiger partial charge in [0, 0.05) is 44.5 Å². The molecule has 1 aromatic rings. The number of hydrogen-bond acceptors (Lipinski definition) is 4. The van der Waals surface area contributed by atoms with E-state index in [2.05, 4.69) is 42.3 Å². The van der Waals surface area contributed by atoms with Crippen LogP contribution in [0.5, 0.6) is 0 Å². The molecule has 0 spiro atoms. The van der Waals surface area contributed by atoms with E-state index >= 15 is 0 Å². The molecule has 1 fully saturated rings. The van der Waals surface area contributed by atoms with Gasteiger partial charge in [0.15, 0.2) is 0 Å². The minimum atomic E-state index is 0.0391. The van der Waals surface area contributed by atoms with E-state index in [0.29, 0.717) is 0 Å². The summed E-state index contributed by atoms with van der Waals surface area (Å²) in [5.74, 6) is 0.0391. The van der Waals surface area contributed by atoms with Crippen molar-refractivity contribution in [3.05, 3.63) is 34.9 Å². The van der Waals surface area contributed by atoms with Crippen LogP contribution in [0.3, 0.4) is 0 Å². The van der Waals surface area contributed by atoms with Crippen LogP contribution in [0.1, 0.15) is 34.3 Å². The van der Waals surface area contributed by atoms with Crippen LogP contribution < -0.4 is 5.32 Å². The molecule has 1 heterocycles. The van der Waals surface area contributed by atoms with Gasteiger partial charge in [-0.15, -0.1) is 0 Å². The third-order valence-electron chi connectivity index (χ3n) is 4.48. The molecule has 0 unspecified atom stereocenters. The monoisotopic (exact) mass is 333 g/mol. The zero-order chi connectivity index (χ0) is 17.5. The van der Waals surface area contributed by atoms with Crippen molar-refractivity contribution in [2.24, 2.45) is 0 Å². The van der Waals surface area contributed by atoms with Crippen LogP contribution >= 0.6 is 0 Å². The number of likely N-dealkylation sites (N-methyl/N-ethyl adjacent to an activating group) is 2. The number of ether oxygens (including phenoxy) is 1. The average Bonchev–Trinajstić information content (AvgIpc) is 2.55. The maximum Gasteiger partial charge on any atom is 0.251 e. The molecule has 1 aliphatic heterocycles. The van der Waals surface area contributed by atoms with E-state index < -0.39 is 0 Å². The van der Waals surface area contributed by atoms with Crippen molar-refractivity contribution in [1.82, 2.24) is 15.1 Å². The highest BCUT2D eigenvalue weighted by Crippen LogP contribution is 2.14. The summed E-state index contributed by atoms with van der Waals surface area (Å²) >= 11 is 0. The lowest BCUT2D eigenvalue weighted by Gasteiger charge is -2.24. The molecule has 134 valence electrons. The van der Waals surface area contributed by atoms with Gasteiger partial charge in [-0.1, -0.05) is 12.1 Å². The molecule has 1 N–H and O–H groups in total. The molecule has 0 bridgehead atoms. The van der Waals surface area contributed by atoms with Crippen molar-refractivity contribution in [2.45, 2.75) is 32.4 Å². The Labute approximate surface area is 146 Å². The first kappa shape index (κ1) is 18.9. The highest BCUT2D eigenvalue weighted by molar-refractivity contribution is 5.96. The first-order valence-corrected chi connectivity index (χ1v) is 8.77. The summed E-state index contributed by atoms with van der Waals surface area (Å²) in [6, 6.07) is 6.44. The van der Waals surface area contributed by atoms with Gasteiger partial charge in [0.25, 0.3) is 5.91 Å². The summed E-state index contributed by atoms with van der Waals surface area (Å²) in [5, 5.41) is 3.16. The number of amides is 1. The van der Waals surface area contributed by atoms with E-state index in [0.717, 1.165) is 56.8 Å². The van der Waals surface area contributed by atoms with Crippen molar-refractivity contribution in [3.8, 4) is 0 Å². The van der Waals surface area contributed by atoms with E-state index in [9.17, 15) is 4.79 Å². The minimum absolute atomic E-state index is 0.0391. The summed E-state index contributed by atoms with van der Waals surface area (Å²) in [7, 11) is 6.28. The van der Waals surface area contributed by atoms with Crippen molar-refractivity contribution >= 4 is 5.91 Å². The molecular weight excluding hydrogens is 302 g/mol. The molecule has 1 saturated heterocycles. The molecule has 0 atom stereocenters. The summed E-state index contributed by atoms with van der Waals surface area (Å²) in [6.45, 7) is 6.36. The number of nitrogens with zero attached hydrogens (tertiary/aromatic N) is 2. The molecule has 2 rings (SSSR count). The smallest absolute Gasteiger partial charge is 0.251 e. The standard InChI is InChI=1S/C19H31N3O2/c1-15-5-6-16(14-22(4)10-9-21(2)3)13-18(15)19(23)20-17-7-11-24-12-8-17/h5-6,13,17H,7-12,14H2,1-4H3,(H,20,23). The number of aryl methyl sites for hydroxylation is 1. The Morgan fingerprint density at radius 1 is 1.21 bits per heavy atom. The Morgan fingerprint density at radius 2 is 1.92 bits per heavy atom. The normalized spacial score (nSPS) is 15.9. The van der Waals surface area contributed by atoms with Crippen molar-refractivity contribution < 1.29 is 9.53 Å². The highest BCUT2D eigenvalue weighted by atomic mass is 16.5. The van der Waals surface area contributed by atoms with Gasteiger partial charge < -0.3 is 19.9 Å². The Kier molecular flexibility index (Phi) is 7.21. The van der Waals surface area contributed by atoms with E-state index in [1.807, 2.05) is 19.1 Å². The SMILES string of the molecule is Cc1ccc(CN(C)CCN(C)C)cc1C(=O)NC1CCOCC1. The summed E-state index contributed by atoms with van der Waals surface area (Å²) < 4.78 is 5.35. The molecular formula is C19H31N3O2. The predicted octanol–water partition coefficient (Wildman–Crippen LogP) is 1.90. The first-order valence-electron chi connectivity index (χ1n) is 8.77. The second-order valence-corrected chi connectivity index (χ2v) is 7.05. The lowest BCUT2D eigenvalue weighted by atomic mass is 10.0. The quantitative estimate of drug-likeness (QED) is 0.828. The molecule has 0 aromatic heterocycles. The second kappa shape index (κ2) is 9.16. The van der Waals surface area contributed by atoms with Crippen molar-refractivity contribution in [2.75, 3.05) is 47.4 Å². The van der Waals surface area contributed by atoms with Crippen molar-refractivity contribution in [1.29, 1.82) is 0 Å². The van der Waals surface area contributed by atoms with Crippen molar-refractivity contribution in [3.63, 3.8) is 0 Å². The van der Waals surface area contributed by atoms with Gasteiger partial charge in [0.1, 0.15) is 0 Å². The van der Waals surface area contributed by atoms with E-state index in [4.69, 9.17) is 4.74 Å². The molecule has 1 amide bonds. The number of hydrogen-bond donors (Lipinski definition) is 1. The zero-order valence-electron chi connectivity index (χ0n) is 15.5. The Hall–Kier alpha value is -1.43. The van der Waals surface area contributed by atoms with Crippen LogP contribution in [0.25, 0.3) is 0 Å².